The number of hydrogen-bond acceptors (Lipinski definition) is 5. The lowest BCUT2D eigenvalue weighted by Gasteiger charge is -2.32. The molecule has 1 heterocycles. The van der Waals surface area contributed by atoms with Crippen LogP contribution in [0.2, 0.25) is 0 Å². The van der Waals surface area contributed by atoms with Gasteiger partial charge in [0.25, 0.3) is 0 Å². The van der Waals surface area contributed by atoms with Gasteiger partial charge in [0.2, 0.25) is 0 Å². The van der Waals surface area contributed by atoms with Gasteiger partial charge < -0.3 is 24.2 Å². The average molecular weight is 401 g/mol. The normalized spacial score (nSPS) is 15.6. The highest BCUT2D eigenvalue weighted by Gasteiger charge is 2.26. The predicted octanol–water partition coefficient (Wildman–Crippen LogP) is 1.58. The van der Waals surface area contributed by atoms with Crippen molar-refractivity contribution >= 4 is 6.09 Å². The second-order valence-corrected chi connectivity index (χ2v) is 6.99. The monoisotopic (exact) mass is 401 g/mol. The van der Waals surface area contributed by atoms with Gasteiger partial charge in [0.05, 0.1) is 32.8 Å². The minimum Gasteiger partial charge on any atom is -0.491 e. The zero-order valence-corrected chi connectivity index (χ0v) is 16.8. The number of ether oxygens (including phenoxy) is 3. The van der Waals surface area contributed by atoms with Gasteiger partial charge in [0.1, 0.15) is 36.5 Å². The maximum Gasteiger partial charge on any atom is 0.410 e. The molecule has 0 radical (unpaired) electrons. The minimum atomic E-state index is -0.570. The summed E-state index contributed by atoms with van der Waals surface area (Å²) in [7, 11) is 0. The highest BCUT2D eigenvalue weighted by Crippen LogP contribution is 2.23. The predicted molar refractivity (Wildman–Crippen MR) is 109 cm³/mol. The van der Waals surface area contributed by atoms with Crippen LogP contribution in [0, 0.1) is 0 Å². The second-order valence-electron chi connectivity index (χ2n) is 6.99. The van der Waals surface area contributed by atoms with Crippen molar-refractivity contribution in [2.75, 3.05) is 45.9 Å². The minimum absolute atomic E-state index is 0.226. The van der Waals surface area contributed by atoms with E-state index in [9.17, 15) is 9.90 Å². The van der Waals surface area contributed by atoms with Crippen molar-refractivity contribution in [2.45, 2.75) is 13.0 Å². The van der Waals surface area contributed by atoms with Gasteiger partial charge in [0, 0.05) is 0 Å². The number of hydrogen-bond donors (Lipinski definition) is 2. The zero-order valence-electron chi connectivity index (χ0n) is 16.8. The van der Waals surface area contributed by atoms with E-state index in [0.29, 0.717) is 32.0 Å². The number of carbonyl (C=O) groups is 1. The Kier molecular flexibility index (Phi) is 7.72. The molecule has 0 aliphatic carbocycles. The van der Waals surface area contributed by atoms with E-state index in [1.807, 2.05) is 54.6 Å². The lowest BCUT2D eigenvalue weighted by molar-refractivity contribution is -0.907. The summed E-state index contributed by atoms with van der Waals surface area (Å²) in [5.41, 5.74) is 0. The molecule has 1 saturated heterocycles. The Labute approximate surface area is 171 Å². The summed E-state index contributed by atoms with van der Waals surface area (Å²) in [6.45, 7) is 5.88. The molecule has 1 amide bonds. The second kappa shape index (κ2) is 10.7. The number of para-hydroxylation sites is 1. The molecule has 0 saturated carbocycles. The van der Waals surface area contributed by atoms with Crippen LogP contribution in [0.15, 0.2) is 54.6 Å². The Balaban J connectivity index is 1.37. The Morgan fingerprint density at radius 3 is 2.31 bits per heavy atom. The summed E-state index contributed by atoms with van der Waals surface area (Å²) in [4.78, 5) is 14.7. The summed E-state index contributed by atoms with van der Waals surface area (Å²) >= 11 is 0. The Morgan fingerprint density at radius 1 is 1.03 bits per heavy atom. The fourth-order valence-electron chi connectivity index (χ4n) is 3.24. The molecule has 1 fully saturated rings. The summed E-state index contributed by atoms with van der Waals surface area (Å²) < 4.78 is 16.5. The van der Waals surface area contributed by atoms with Crippen molar-refractivity contribution in [3.8, 4) is 17.2 Å². The molecule has 1 aliphatic rings. The van der Waals surface area contributed by atoms with Gasteiger partial charge in [-0.3, -0.25) is 4.90 Å². The molecule has 1 atom stereocenters. The summed E-state index contributed by atoms with van der Waals surface area (Å²) in [5, 5.41) is 10.3. The zero-order chi connectivity index (χ0) is 20.5. The molecule has 0 unspecified atom stereocenters. The molecule has 0 bridgehead atoms. The number of nitrogens with zero attached hydrogens (tertiary/aromatic N) is 1. The van der Waals surface area contributed by atoms with Crippen molar-refractivity contribution in [2.24, 2.45) is 0 Å². The van der Waals surface area contributed by atoms with Crippen LogP contribution in [0.1, 0.15) is 6.92 Å². The van der Waals surface area contributed by atoms with Crippen LogP contribution in [0.3, 0.4) is 0 Å². The van der Waals surface area contributed by atoms with Gasteiger partial charge in [0.15, 0.2) is 0 Å². The largest absolute Gasteiger partial charge is 0.491 e. The van der Waals surface area contributed by atoms with Crippen molar-refractivity contribution in [3.63, 3.8) is 0 Å². The van der Waals surface area contributed by atoms with E-state index in [2.05, 4.69) is 0 Å². The summed E-state index contributed by atoms with van der Waals surface area (Å²) in [6.07, 6.45) is -0.825. The van der Waals surface area contributed by atoms with E-state index in [1.165, 1.54) is 4.90 Å². The molecule has 29 heavy (non-hydrogen) atoms. The van der Waals surface area contributed by atoms with E-state index in [-0.39, 0.29) is 12.7 Å². The molecular weight excluding hydrogens is 372 g/mol. The first kappa shape index (κ1) is 21.0. The molecule has 1 aliphatic heterocycles. The average Bonchev–Trinajstić information content (AvgIpc) is 2.75. The summed E-state index contributed by atoms with van der Waals surface area (Å²) in [6, 6.07) is 16.9. The molecule has 7 nitrogen and oxygen atoms in total. The first-order valence-electron chi connectivity index (χ1n) is 10.0. The molecular formula is C22H29N2O5+. The standard InChI is InChI=1S/C22H28N2O5/c1-2-27-22(26)24-14-12-23(13-15-24)16-18(25)17-28-19-8-10-21(11-9-19)29-20-6-4-3-5-7-20/h3-11,18,25H,2,12-17H2,1H3/p+1/t18-/m0/s1. The highest BCUT2D eigenvalue weighted by atomic mass is 16.6. The number of amides is 1. The van der Waals surface area contributed by atoms with Gasteiger partial charge in [-0.2, -0.15) is 0 Å². The summed E-state index contributed by atoms with van der Waals surface area (Å²) in [5.74, 6) is 2.20. The number of aliphatic hydroxyl groups excluding tert-OH is 1. The first-order chi connectivity index (χ1) is 14.1. The van der Waals surface area contributed by atoms with E-state index < -0.39 is 6.10 Å². The van der Waals surface area contributed by atoms with Gasteiger partial charge >= 0.3 is 6.09 Å². The third kappa shape index (κ3) is 6.66. The van der Waals surface area contributed by atoms with Crippen LogP contribution < -0.4 is 14.4 Å². The lowest BCUT2D eigenvalue weighted by atomic mass is 10.2. The maximum absolute atomic E-state index is 11.7. The van der Waals surface area contributed by atoms with Crippen molar-refractivity contribution in [1.29, 1.82) is 0 Å². The molecule has 0 aromatic heterocycles. The van der Waals surface area contributed by atoms with Gasteiger partial charge in [-0.15, -0.1) is 0 Å². The van der Waals surface area contributed by atoms with Crippen LogP contribution in [-0.4, -0.2) is 68.1 Å². The number of piperazine rings is 1. The van der Waals surface area contributed by atoms with E-state index in [0.717, 1.165) is 24.6 Å². The van der Waals surface area contributed by atoms with Crippen LogP contribution in [0.5, 0.6) is 17.2 Å². The van der Waals surface area contributed by atoms with E-state index in [1.54, 1.807) is 11.8 Å². The maximum atomic E-state index is 11.7. The molecule has 0 spiro atoms. The van der Waals surface area contributed by atoms with Crippen molar-refractivity contribution in [3.05, 3.63) is 54.6 Å². The lowest BCUT2D eigenvalue weighted by Crippen LogP contribution is -3.16. The molecule has 2 N–H and O–H groups in total. The fraction of sp³-hybridized carbons (Fsp3) is 0.409. The molecule has 3 rings (SSSR count). The van der Waals surface area contributed by atoms with Crippen LogP contribution in [0.4, 0.5) is 4.79 Å². The number of aliphatic hydroxyl groups is 1. The highest BCUT2D eigenvalue weighted by molar-refractivity contribution is 5.67. The van der Waals surface area contributed by atoms with E-state index >= 15 is 0 Å². The fourth-order valence-corrected chi connectivity index (χ4v) is 3.24. The number of rotatable bonds is 8. The van der Waals surface area contributed by atoms with Crippen LogP contribution in [0.25, 0.3) is 0 Å². The smallest absolute Gasteiger partial charge is 0.410 e. The van der Waals surface area contributed by atoms with Crippen molar-refractivity contribution < 1.29 is 29.0 Å². The van der Waals surface area contributed by atoms with Crippen LogP contribution >= 0.6 is 0 Å². The molecule has 2 aromatic rings. The van der Waals surface area contributed by atoms with E-state index in [4.69, 9.17) is 14.2 Å². The van der Waals surface area contributed by atoms with Gasteiger partial charge in [-0.05, 0) is 43.3 Å². The van der Waals surface area contributed by atoms with Crippen LogP contribution in [-0.2, 0) is 4.74 Å². The Hall–Kier alpha value is -2.77. The molecule has 156 valence electrons. The Morgan fingerprint density at radius 2 is 1.66 bits per heavy atom. The SMILES string of the molecule is CCOC(=O)N1CC[NH+](C[C@H](O)COc2ccc(Oc3ccccc3)cc2)CC1. The first-order valence-corrected chi connectivity index (χ1v) is 10.0. The number of quaternary nitrogens is 1. The third-order valence-electron chi connectivity index (χ3n) is 4.77. The number of benzene rings is 2. The third-order valence-corrected chi connectivity index (χ3v) is 4.77. The van der Waals surface area contributed by atoms with Crippen molar-refractivity contribution in [1.82, 2.24) is 4.90 Å². The van der Waals surface area contributed by atoms with Gasteiger partial charge in [-0.1, -0.05) is 18.2 Å². The quantitative estimate of drug-likeness (QED) is 0.703. The number of nitrogens with one attached hydrogen (secondary N) is 1. The Bertz CT molecular complexity index is 746. The topological polar surface area (TPSA) is 72.7 Å². The number of carbonyl (C=O) groups excluding carboxylic acids is 1. The molecule has 7 heteroatoms. The molecule has 2 aromatic carbocycles. The van der Waals surface area contributed by atoms with Gasteiger partial charge in [-0.25, -0.2) is 4.79 Å².